The molecule has 0 unspecified atom stereocenters. The molecule has 0 aliphatic rings. The van der Waals surface area contributed by atoms with Crippen LogP contribution in [0, 0.1) is 42.5 Å². The number of rotatable bonds is 13. The van der Waals surface area contributed by atoms with E-state index < -0.39 is 16.6 Å². The van der Waals surface area contributed by atoms with Crippen LogP contribution in [-0.4, -0.2) is 41.3 Å². The van der Waals surface area contributed by atoms with E-state index in [1.165, 1.54) is 22.3 Å². The Kier molecular flexibility index (Phi) is 18.5. The van der Waals surface area contributed by atoms with Gasteiger partial charge in [0.1, 0.15) is 0 Å². The van der Waals surface area contributed by atoms with E-state index in [1.807, 2.05) is 0 Å². The molecule has 0 aliphatic carbocycles. The van der Waals surface area contributed by atoms with E-state index in [2.05, 4.69) is 103 Å². The first-order valence-electron chi connectivity index (χ1n) is 13.3. The van der Waals surface area contributed by atoms with Crippen molar-refractivity contribution in [2.75, 3.05) is 13.2 Å². The van der Waals surface area contributed by atoms with Gasteiger partial charge in [-0.25, -0.2) is 0 Å². The molecule has 0 spiro atoms. The number of aliphatic imine (C=N–C) groups is 2. The summed E-state index contributed by atoms with van der Waals surface area (Å²) < 4.78 is 12.4. The SMILES string of the molecule is Cc1cccc(C)c1N=C(CCCO[Si](C)(C)C)C(CCCO[Si](C)(C)C)=Nc1c(C)cccc1C.[CH3-].[CH3-].[Ni+2]. The first-order chi connectivity index (χ1) is 16.8. The van der Waals surface area contributed by atoms with Gasteiger partial charge < -0.3 is 23.7 Å². The summed E-state index contributed by atoms with van der Waals surface area (Å²) in [5.74, 6) is 0. The van der Waals surface area contributed by atoms with E-state index in [9.17, 15) is 0 Å². The van der Waals surface area contributed by atoms with E-state index in [1.54, 1.807) is 0 Å². The van der Waals surface area contributed by atoms with Gasteiger partial charge in [-0.15, -0.1) is 0 Å². The molecule has 0 radical (unpaired) electrons. The summed E-state index contributed by atoms with van der Waals surface area (Å²) in [4.78, 5) is 10.6. The molecule has 222 valence electrons. The average Bonchev–Trinajstić information content (AvgIpc) is 2.75. The molecule has 2 aromatic rings. The second kappa shape index (κ2) is 18.1. The summed E-state index contributed by atoms with van der Waals surface area (Å²) >= 11 is 0. The van der Waals surface area contributed by atoms with Crippen molar-refractivity contribution in [1.82, 2.24) is 0 Å². The summed E-state index contributed by atoms with van der Waals surface area (Å²) in [6.45, 7) is 23.5. The zero-order valence-electron chi connectivity index (χ0n) is 26.7. The number of aryl methyl sites for hydroxylation is 4. The van der Waals surface area contributed by atoms with Gasteiger partial charge in [0.15, 0.2) is 16.6 Å². The van der Waals surface area contributed by atoms with Crippen LogP contribution in [0.5, 0.6) is 0 Å². The van der Waals surface area contributed by atoms with Gasteiger partial charge in [-0.1, -0.05) is 36.4 Å². The maximum atomic E-state index is 6.18. The summed E-state index contributed by atoms with van der Waals surface area (Å²) in [7, 11) is -3.10. The zero-order valence-corrected chi connectivity index (χ0v) is 29.7. The normalized spacial score (nSPS) is 12.4. The molecule has 0 N–H and O–H groups in total. The fourth-order valence-corrected chi connectivity index (χ4v) is 5.51. The maximum Gasteiger partial charge on any atom is 2.00 e. The Morgan fingerprint density at radius 2 is 0.872 bits per heavy atom. The zero-order chi connectivity index (χ0) is 26.9. The third-order valence-corrected chi connectivity index (χ3v) is 8.03. The van der Waals surface area contributed by atoms with Crippen LogP contribution < -0.4 is 0 Å². The second-order valence-corrected chi connectivity index (χ2v) is 20.8. The third-order valence-electron chi connectivity index (χ3n) is 5.89. The van der Waals surface area contributed by atoms with E-state index >= 15 is 0 Å². The molecule has 0 heterocycles. The predicted molar refractivity (Wildman–Crippen MR) is 176 cm³/mol. The molecule has 0 aromatic heterocycles. The van der Waals surface area contributed by atoms with Gasteiger partial charge in [0.2, 0.25) is 0 Å². The van der Waals surface area contributed by atoms with E-state index in [4.69, 9.17) is 18.8 Å². The third kappa shape index (κ3) is 14.7. The van der Waals surface area contributed by atoms with Crippen molar-refractivity contribution in [3.05, 3.63) is 73.5 Å². The number of para-hydroxylation sites is 2. The summed E-state index contributed by atoms with van der Waals surface area (Å²) in [5, 5.41) is 0. The molecule has 0 amide bonds. The van der Waals surface area contributed by atoms with Crippen molar-refractivity contribution in [2.45, 2.75) is 92.7 Å². The van der Waals surface area contributed by atoms with Crippen molar-refractivity contribution in [3.8, 4) is 0 Å². The average molecular weight is 614 g/mol. The number of hydrogen-bond acceptors (Lipinski definition) is 4. The van der Waals surface area contributed by atoms with Crippen molar-refractivity contribution in [2.24, 2.45) is 9.98 Å². The number of benzene rings is 2. The van der Waals surface area contributed by atoms with E-state index in [-0.39, 0.29) is 31.3 Å². The molecule has 2 rings (SSSR count). The number of hydrogen-bond donors (Lipinski definition) is 0. The van der Waals surface area contributed by atoms with Crippen LogP contribution in [0.1, 0.15) is 47.9 Å². The van der Waals surface area contributed by atoms with Gasteiger partial charge in [0.25, 0.3) is 0 Å². The van der Waals surface area contributed by atoms with Gasteiger partial charge in [0, 0.05) is 13.2 Å². The minimum atomic E-state index is -1.55. The summed E-state index contributed by atoms with van der Waals surface area (Å²) in [6.07, 6.45) is 3.56. The van der Waals surface area contributed by atoms with Crippen LogP contribution in [0.4, 0.5) is 11.4 Å². The van der Waals surface area contributed by atoms with Gasteiger partial charge >= 0.3 is 16.5 Å². The maximum absolute atomic E-state index is 6.18. The predicted octanol–water partition coefficient (Wildman–Crippen LogP) is 9.93. The number of nitrogens with zero attached hydrogens (tertiary/aromatic N) is 2. The van der Waals surface area contributed by atoms with Crippen LogP contribution in [0.15, 0.2) is 46.4 Å². The molecule has 7 heteroatoms. The van der Waals surface area contributed by atoms with Crippen LogP contribution in [-0.2, 0) is 25.3 Å². The molecule has 0 fully saturated rings. The molecular weight excluding hydrogens is 559 g/mol. The van der Waals surface area contributed by atoms with Crippen molar-refractivity contribution in [3.63, 3.8) is 0 Å². The Labute approximate surface area is 253 Å². The quantitative estimate of drug-likeness (QED) is 0.0977. The Bertz CT molecular complexity index is 945. The van der Waals surface area contributed by atoms with Crippen LogP contribution in [0.25, 0.3) is 0 Å². The molecule has 2 aromatic carbocycles. The Morgan fingerprint density at radius 3 is 1.13 bits per heavy atom. The Hall–Kier alpha value is -1.37. The van der Waals surface area contributed by atoms with Crippen molar-refractivity contribution >= 4 is 39.4 Å². The molecular formula is C32H54N2NiO2Si2. The summed E-state index contributed by atoms with van der Waals surface area (Å²) in [5.41, 5.74) is 9.04. The molecule has 0 bridgehead atoms. The van der Waals surface area contributed by atoms with Crippen LogP contribution in [0.2, 0.25) is 39.3 Å². The van der Waals surface area contributed by atoms with Gasteiger partial charge in [-0.05, 0) is 115 Å². The fraction of sp³-hybridized carbons (Fsp3) is 0.500. The standard InChI is InChI=1S/C30H48N2O2Si2.2CH3.Ni/c1-23-15-11-16-24(2)29(23)31-27(19-13-21-33-35(5,6)7)28(20-14-22-34-36(8,9)10)32-30-25(3)17-12-18-26(30)4;;;/h11-12,15-18H,13-14,19-22H2,1-10H3;2*1H3;/q;2*-1;+2. The van der Waals surface area contributed by atoms with E-state index in [0.717, 1.165) is 61.7 Å². The first-order valence-corrected chi connectivity index (χ1v) is 20.1. The second-order valence-electron chi connectivity index (χ2n) is 11.7. The first kappa shape index (κ1) is 39.8. The molecule has 4 nitrogen and oxygen atoms in total. The minimum absolute atomic E-state index is 0. The monoisotopic (exact) mass is 612 g/mol. The van der Waals surface area contributed by atoms with Crippen LogP contribution in [0.3, 0.4) is 0 Å². The van der Waals surface area contributed by atoms with Gasteiger partial charge in [0.05, 0.1) is 22.8 Å². The smallest absolute Gasteiger partial charge is 0.418 e. The van der Waals surface area contributed by atoms with Crippen LogP contribution >= 0.6 is 0 Å². The molecule has 39 heavy (non-hydrogen) atoms. The minimum Gasteiger partial charge on any atom is -0.418 e. The van der Waals surface area contributed by atoms with Crippen molar-refractivity contribution in [1.29, 1.82) is 0 Å². The Morgan fingerprint density at radius 1 is 0.590 bits per heavy atom. The van der Waals surface area contributed by atoms with Gasteiger partial charge in [-0.3, -0.25) is 9.98 Å². The molecule has 0 saturated heterocycles. The van der Waals surface area contributed by atoms with Crippen molar-refractivity contribution < 1.29 is 25.3 Å². The van der Waals surface area contributed by atoms with E-state index in [0.29, 0.717) is 0 Å². The fourth-order valence-electron chi connectivity index (χ4n) is 4.00. The Balaban J connectivity index is 0. The molecule has 0 saturated carbocycles. The van der Waals surface area contributed by atoms with Gasteiger partial charge in [-0.2, -0.15) is 0 Å². The molecule has 0 atom stereocenters. The largest absolute Gasteiger partial charge is 2.00 e. The topological polar surface area (TPSA) is 43.2 Å². The molecule has 0 aliphatic heterocycles. The summed E-state index contributed by atoms with van der Waals surface area (Å²) in [6, 6.07) is 12.8.